The molecule has 0 bridgehead atoms. The Morgan fingerprint density at radius 2 is 2.00 bits per heavy atom. The van der Waals surface area contributed by atoms with Crippen LogP contribution >= 0.6 is 0 Å². The van der Waals surface area contributed by atoms with Crippen molar-refractivity contribution in [3.05, 3.63) is 29.8 Å². The maximum absolute atomic E-state index is 12.8. The molecule has 0 aliphatic rings. The third-order valence-corrected chi connectivity index (χ3v) is 2.41. The number of pyridine rings is 1. The van der Waals surface area contributed by atoms with E-state index in [1.54, 1.807) is 0 Å². The van der Waals surface area contributed by atoms with Crippen LogP contribution in [0.15, 0.2) is 18.5 Å². The highest BCUT2D eigenvalue weighted by Crippen LogP contribution is 2.27. The molecule has 0 aliphatic heterocycles. The van der Waals surface area contributed by atoms with Crippen LogP contribution in [0.25, 0.3) is 0 Å². The van der Waals surface area contributed by atoms with Gasteiger partial charge in [0.05, 0.1) is 11.8 Å². The summed E-state index contributed by atoms with van der Waals surface area (Å²) in [6, 6.07) is 1.33. The molecule has 1 N–H and O–H groups in total. The Balaban J connectivity index is 3.05. The van der Waals surface area contributed by atoms with Gasteiger partial charge in [-0.2, -0.15) is 0 Å². The third-order valence-electron chi connectivity index (χ3n) is 2.41. The number of rotatable bonds is 3. The van der Waals surface area contributed by atoms with E-state index in [2.05, 4.69) is 4.98 Å². The maximum atomic E-state index is 12.8. The molecule has 1 rings (SSSR count). The summed E-state index contributed by atoms with van der Waals surface area (Å²) >= 11 is 0. The van der Waals surface area contributed by atoms with Crippen LogP contribution in [0.4, 0.5) is 4.39 Å². The van der Waals surface area contributed by atoms with Gasteiger partial charge >= 0.3 is 0 Å². The quantitative estimate of drug-likeness (QED) is 0.779. The number of hydrogen-bond donors (Lipinski definition) is 1. The molecule has 0 aliphatic carbocycles. The fourth-order valence-corrected chi connectivity index (χ4v) is 1.32. The lowest BCUT2D eigenvalue weighted by Gasteiger charge is -2.25. The molecular formula is C10H14FNO. The van der Waals surface area contributed by atoms with Gasteiger partial charge in [-0.25, -0.2) is 4.39 Å². The van der Waals surface area contributed by atoms with E-state index < -0.39 is 11.4 Å². The third kappa shape index (κ3) is 2.04. The molecule has 0 radical (unpaired) electrons. The molecule has 0 spiro atoms. The molecule has 13 heavy (non-hydrogen) atoms. The Hall–Kier alpha value is -0.960. The molecule has 1 aromatic heterocycles. The van der Waals surface area contributed by atoms with Gasteiger partial charge in [0.1, 0.15) is 5.82 Å². The first kappa shape index (κ1) is 10.1. The molecule has 0 atom stereocenters. The molecule has 3 heteroatoms. The van der Waals surface area contributed by atoms with Crippen LogP contribution < -0.4 is 0 Å². The zero-order valence-corrected chi connectivity index (χ0v) is 7.92. The number of nitrogens with zero attached hydrogens (tertiary/aromatic N) is 1. The van der Waals surface area contributed by atoms with Gasteiger partial charge in [0, 0.05) is 11.8 Å². The minimum atomic E-state index is -0.935. The predicted molar refractivity (Wildman–Crippen MR) is 48.7 cm³/mol. The molecule has 0 amide bonds. The molecule has 0 saturated heterocycles. The number of hydrogen-bond acceptors (Lipinski definition) is 2. The van der Waals surface area contributed by atoms with E-state index in [0.717, 1.165) is 6.20 Å². The lowest BCUT2D eigenvalue weighted by atomic mass is 9.90. The first-order valence-electron chi connectivity index (χ1n) is 4.46. The SMILES string of the molecule is CCC(O)(CC)c1cncc(F)c1. The first-order chi connectivity index (χ1) is 6.12. The smallest absolute Gasteiger partial charge is 0.141 e. The van der Waals surface area contributed by atoms with Crippen molar-refractivity contribution in [2.45, 2.75) is 32.3 Å². The molecule has 0 aromatic carbocycles. The average molecular weight is 183 g/mol. The highest BCUT2D eigenvalue weighted by Gasteiger charge is 2.25. The first-order valence-corrected chi connectivity index (χ1v) is 4.46. The predicted octanol–water partition coefficient (Wildman–Crippen LogP) is 2.23. The van der Waals surface area contributed by atoms with Crippen molar-refractivity contribution in [1.29, 1.82) is 0 Å². The molecule has 2 nitrogen and oxygen atoms in total. The lowest BCUT2D eigenvalue weighted by molar-refractivity contribution is 0.0277. The fraction of sp³-hybridized carbons (Fsp3) is 0.500. The summed E-state index contributed by atoms with van der Waals surface area (Å²) in [7, 11) is 0. The zero-order valence-electron chi connectivity index (χ0n) is 7.92. The van der Waals surface area contributed by atoms with E-state index >= 15 is 0 Å². The molecule has 0 fully saturated rings. The molecule has 72 valence electrons. The van der Waals surface area contributed by atoms with Gasteiger partial charge in [0.25, 0.3) is 0 Å². The highest BCUT2D eigenvalue weighted by atomic mass is 19.1. The summed E-state index contributed by atoms with van der Waals surface area (Å²) in [6.45, 7) is 3.74. The van der Waals surface area contributed by atoms with Crippen molar-refractivity contribution in [1.82, 2.24) is 4.98 Å². The van der Waals surface area contributed by atoms with Crippen molar-refractivity contribution in [3.63, 3.8) is 0 Å². The van der Waals surface area contributed by atoms with Crippen LogP contribution in [0.1, 0.15) is 32.3 Å². The number of halogens is 1. The Morgan fingerprint density at radius 3 is 2.46 bits per heavy atom. The Bertz CT molecular complexity index is 284. The lowest BCUT2D eigenvalue weighted by Crippen LogP contribution is -2.23. The Labute approximate surface area is 77.4 Å². The minimum Gasteiger partial charge on any atom is -0.385 e. The molecule has 1 heterocycles. The van der Waals surface area contributed by atoms with E-state index in [1.165, 1.54) is 12.3 Å². The van der Waals surface area contributed by atoms with Gasteiger partial charge in [-0.3, -0.25) is 4.98 Å². The molecular weight excluding hydrogens is 169 g/mol. The van der Waals surface area contributed by atoms with Crippen molar-refractivity contribution >= 4 is 0 Å². The molecule has 0 saturated carbocycles. The van der Waals surface area contributed by atoms with Gasteiger partial charge in [0.2, 0.25) is 0 Å². The summed E-state index contributed by atoms with van der Waals surface area (Å²) in [6.07, 6.45) is 3.77. The zero-order chi connectivity index (χ0) is 9.90. The van der Waals surface area contributed by atoms with Crippen LogP contribution in [-0.2, 0) is 5.60 Å². The van der Waals surface area contributed by atoms with Crippen LogP contribution in [-0.4, -0.2) is 10.1 Å². The number of aromatic nitrogens is 1. The molecule has 1 aromatic rings. The van der Waals surface area contributed by atoms with Crippen molar-refractivity contribution < 1.29 is 9.50 Å². The van der Waals surface area contributed by atoms with E-state index in [4.69, 9.17) is 0 Å². The second-order valence-electron chi connectivity index (χ2n) is 3.13. The maximum Gasteiger partial charge on any atom is 0.141 e. The summed E-state index contributed by atoms with van der Waals surface area (Å²) < 4.78 is 12.8. The van der Waals surface area contributed by atoms with Crippen molar-refractivity contribution in [3.8, 4) is 0 Å². The second-order valence-corrected chi connectivity index (χ2v) is 3.13. The van der Waals surface area contributed by atoms with Gasteiger partial charge in [-0.05, 0) is 18.9 Å². The highest BCUT2D eigenvalue weighted by molar-refractivity contribution is 5.18. The summed E-state index contributed by atoms with van der Waals surface area (Å²) in [5.74, 6) is -0.405. The minimum absolute atomic E-state index is 0.405. The van der Waals surface area contributed by atoms with Gasteiger partial charge in [-0.1, -0.05) is 13.8 Å². The van der Waals surface area contributed by atoms with Crippen LogP contribution in [0.3, 0.4) is 0 Å². The van der Waals surface area contributed by atoms with Crippen molar-refractivity contribution in [2.75, 3.05) is 0 Å². The van der Waals surface area contributed by atoms with Crippen LogP contribution in [0, 0.1) is 5.82 Å². The normalized spacial score (nSPS) is 11.7. The van der Waals surface area contributed by atoms with Crippen molar-refractivity contribution in [2.24, 2.45) is 0 Å². The average Bonchev–Trinajstić information content (AvgIpc) is 2.17. The summed E-state index contributed by atoms with van der Waals surface area (Å²) in [4.78, 5) is 3.71. The van der Waals surface area contributed by atoms with Gasteiger partial charge < -0.3 is 5.11 Å². The van der Waals surface area contributed by atoms with E-state index in [9.17, 15) is 9.50 Å². The summed E-state index contributed by atoms with van der Waals surface area (Å²) in [5.41, 5.74) is -0.382. The topological polar surface area (TPSA) is 33.1 Å². The largest absolute Gasteiger partial charge is 0.385 e. The monoisotopic (exact) mass is 183 g/mol. The van der Waals surface area contributed by atoms with E-state index in [-0.39, 0.29) is 0 Å². The van der Waals surface area contributed by atoms with Crippen LogP contribution in [0.5, 0.6) is 0 Å². The van der Waals surface area contributed by atoms with Gasteiger partial charge in [-0.15, -0.1) is 0 Å². The van der Waals surface area contributed by atoms with Gasteiger partial charge in [0.15, 0.2) is 0 Å². The summed E-state index contributed by atoms with van der Waals surface area (Å²) in [5, 5.41) is 10.0. The molecule has 0 unspecified atom stereocenters. The van der Waals surface area contributed by atoms with Crippen LogP contribution in [0.2, 0.25) is 0 Å². The standard InChI is InChI=1S/C10H14FNO/c1-3-10(13,4-2)8-5-9(11)7-12-6-8/h5-7,13H,3-4H2,1-2H3. The Kier molecular flexibility index (Phi) is 2.98. The number of aliphatic hydroxyl groups is 1. The Morgan fingerprint density at radius 1 is 1.38 bits per heavy atom. The second kappa shape index (κ2) is 3.83. The van der Waals surface area contributed by atoms with E-state index in [0.29, 0.717) is 18.4 Å². The fourth-order valence-electron chi connectivity index (χ4n) is 1.32. The van der Waals surface area contributed by atoms with E-state index in [1.807, 2.05) is 13.8 Å².